The van der Waals surface area contributed by atoms with Gasteiger partial charge in [0, 0.05) is 47.9 Å². The fraction of sp³-hybridized carbons (Fsp3) is 0.758. The van der Waals surface area contributed by atoms with Gasteiger partial charge in [0.05, 0.1) is 15.5 Å². The number of anilines is 1. The number of esters is 1. The summed E-state index contributed by atoms with van der Waals surface area (Å²) >= 11 is 2.26. The molecule has 266 valence electrons. The number of ether oxygens (including phenoxy) is 4. The lowest BCUT2D eigenvalue weighted by Crippen LogP contribution is -2.53. The van der Waals surface area contributed by atoms with Crippen LogP contribution in [0.25, 0.3) is 5.65 Å². The second-order valence-electron chi connectivity index (χ2n) is 17.0. The van der Waals surface area contributed by atoms with E-state index in [4.69, 9.17) is 23.9 Å². The number of rotatable bonds is 13. The van der Waals surface area contributed by atoms with E-state index in [0.29, 0.717) is 39.5 Å². The Balaban J connectivity index is 1.97. The summed E-state index contributed by atoms with van der Waals surface area (Å²) in [4.78, 5) is 35.5. The lowest BCUT2D eigenvalue weighted by Gasteiger charge is -2.39. The van der Waals surface area contributed by atoms with E-state index in [1.54, 1.807) is 6.20 Å². The molecule has 11 nitrogen and oxygen atoms in total. The maximum Gasteiger partial charge on any atom is 0.411 e. The van der Waals surface area contributed by atoms with Gasteiger partial charge in [-0.3, -0.25) is 4.90 Å². The zero-order chi connectivity index (χ0) is 35.4. The summed E-state index contributed by atoms with van der Waals surface area (Å²) in [5.74, 6) is 0.249. The van der Waals surface area contributed by atoms with Crippen molar-refractivity contribution in [1.82, 2.24) is 19.5 Å². The van der Waals surface area contributed by atoms with Gasteiger partial charge >= 0.3 is 12.1 Å². The number of carbonyl (C=O) groups is 2. The number of hydrogen-bond donors (Lipinski definition) is 0. The molecule has 0 unspecified atom stereocenters. The maximum atomic E-state index is 13.5. The SMILES string of the molecule is CC(C)(C)OC(=O)[C@@H]1CC[C@H](c2cc(N(COCC[Si](C)(C)C)COCC[Si](C)(C)C)n3ncc(I)c3n2)CN1C(=O)OC(C)(C)C. The quantitative estimate of drug-likeness (QED) is 0.0666. The molecule has 2 aromatic rings. The highest BCUT2D eigenvalue weighted by Gasteiger charge is 2.41. The highest BCUT2D eigenvalue weighted by atomic mass is 127. The third kappa shape index (κ3) is 12.9. The van der Waals surface area contributed by atoms with Crippen LogP contribution in [-0.2, 0) is 23.7 Å². The van der Waals surface area contributed by atoms with Gasteiger partial charge in [-0.2, -0.15) is 9.61 Å². The Morgan fingerprint density at radius 1 is 0.915 bits per heavy atom. The molecule has 0 aromatic carbocycles. The third-order valence-electron chi connectivity index (χ3n) is 7.55. The maximum absolute atomic E-state index is 13.5. The van der Waals surface area contributed by atoms with Crippen LogP contribution in [-0.4, -0.2) is 98.2 Å². The fourth-order valence-electron chi connectivity index (χ4n) is 5.00. The standard InChI is InChI=1S/C33H58IN5O6Si2/c1-32(2,3)44-30(40)27-14-13-24(21-38(27)31(41)45-33(4,5)6)26-19-28(39-29(36-26)25(34)20-35-39)37(22-42-15-17-46(7,8)9)23-43-16-18-47(10,11)12/h19-20,24,27H,13-18,21-23H2,1-12H3/t24-,27-/m0/s1. The van der Waals surface area contributed by atoms with Gasteiger partial charge in [-0.15, -0.1) is 0 Å². The molecule has 0 aliphatic carbocycles. The van der Waals surface area contributed by atoms with Crippen LogP contribution in [0.3, 0.4) is 0 Å². The van der Waals surface area contributed by atoms with Crippen molar-refractivity contribution >= 4 is 62.3 Å². The molecule has 2 atom stereocenters. The van der Waals surface area contributed by atoms with E-state index in [0.717, 1.165) is 32.8 Å². The van der Waals surface area contributed by atoms with Gasteiger partial charge in [0.1, 0.15) is 36.5 Å². The Morgan fingerprint density at radius 2 is 1.47 bits per heavy atom. The van der Waals surface area contributed by atoms with E-state index < -0.39 is 45.5 Å². The summed E-state index contributed by atoms with van der Waals surface area (Å²) in [5, 5.41) is 4.67. The summed E-state index contributed by atoms with van der Waals surface area (Å²) in [7, 11) is -2.53. The van der Waals surface area contributed by atoms with Crippen LogP contribution in [0.5, 0.6) is 0 Å². The Bertz CT molecular complexity index is 1340. The number of piperidine rings is 1. The average Bonchev–Trinajstić information content (AvgIpc) is 3.28. The molecule has 2 aromatic heterocycles. The van der Waals surface area contributed by atoms with Crippen molar-refractivity contribution in [1.29, 1.82) is 0 Å². The van der Waals surface area contributed by atoms with Crippen LogP contribution in [0.1, 0.15) is 66.0 Å². The summed E-state index contributed by atoms with van der Waals surface area (Å²) in [6.07, 6.45) is 2.35. The number of likely N-dealkylation sites (tertiary alicyclic amines) is 1. The monoisotopic (exact) mass is 803 g/mol. The van der Waals surface area contributed by atoms with Crippen LogP contribution in [0.15, 0.2) is 12.3 Å². The third-order valence-corrected chi connectivity index (χ3v) is 11.7. The zero-order valence-corrected chi connectivity index (χ0v) is 34.9. The number of aromatic nitrogens is 3. The number of halogens is 1. The summed E-state index contributed by atoms with van der Waals surface area (Å²) in [6, 6.07) is 3.42. The second-order valence-corrected chi connectivity index (χ2v) is 29.4. The van der Waals surface area contributed by atoms with Gasteiger partial charge < -0.3 is 23.8 Å². The van der Waals surface area contributed by atoms with Gasteiger partial charge in [-0.25, -0.2) is 14.6 Å². The van der Waals surface area contributed by atoms with Crippen molar-refractivity contribution < 1.29 is 28.5 Å². The first-order valence-electron chi connectivity index (χ1n) is 16.7. The van der Waals surface area contributed by atoms with Gasteiger partial charge in [0.15, 0.2) is 5.65 Å². The molecule has 1 aliphatic rings. The van der Waals surface area contributed by atoms with Gasteiger partial charge in [-0.1, -0.05) is 39.3 Å². The van der Waals surface area contributed by atoms with Crippen molar-refractivity contribution in [2.24, 2.45) is 0 Å². The molecule has 1 aliphatic heterocycles. The lowest BCUT2D eigenvalue weighted by molar-refractivity contribution is -0.162. The Kier molecular flexibility index (Phi) is 13.4. The van der Waals surface area contributed by atoms with E-state index in [2.05, 4.69) is 71.9 Å². The average molecular weight is 804 g/mol. The molecule has 14 heteroatoms. The molecule has 0 bridgehead atoms. The van der Waals surface area contributed by atoms with Crippen molar-refractivity contribution in [2.75, 3.05) is 38.1 Å². The number of fused-ring (bicyclic) bond motifs is 1. The van der Waals surface area contributed by atoms with E-state index >= 15 is 0 Å². The van der Waals surface area contributed by atoms with Gasteiger partial charge in [0.25, 0.3) is 0 Å². The van der Waals surface area contributed by atoms with E-state index in [9.17, 15) is 9.59 Å². The van der Waals surface area contributed by atoms with Crippen LogP contribution < -0.4 is 4.90 Å². The molecule has 0 saturated carbocycles. The van der Waals surface area contributed by atoms with E-state index in [1.807, 2.05) is 52.1 Å². The Hall–Kier alpha value is -1.76. The molecule has 0 spiro atoms. The highest BCUT2D eigenvalue weighted by Crippen LogP contribution is 2.34. The molecule has 1 amide bonds. The lowest BCUT2D eigenvalue weighted by atomic mass is 9.90. The first-order chi connectivity index (χ1) is 21.5. The van der Waals surface area contributed by atoms with Crippen LogP contribution >= 0.6 is 22.6 Å². The zero-order valence-electron chi connectivity index (χ0n) is 30.7. The van der Waals surface area contributed by atoms with Crippen molar-refractivity contribution in [3.05, 3.63) is 21.5 Å². The van der Waals surface area contributed by atoms with Gasteiger partial charge in [0.2, 0.25) is 0 Å². The normalized spacial score (nSPS) is 18.0. The van der Waals surface area contributed by atoms with E-state index in [-0.39, 0.29) is 12.5 Å². The predicted molar refractivity (Wildman–Crippen MR) is 201 cm³/mol. The second kappa shape index (κ2) is 15.9. The molecule has 1 fully saturated rings. The van der Waals surface area contributed by atoms with Crippen LogP contribution in [0.4, 0.5) is 10.6 Å². The van der Waals surface area contributed by atoms with E-state index in [1.165, 1.54) is 4.90 Å². The molecular formula is C33H58IN5O6Si2. The Labute approximate surface area is 297 Å². The smallest absolute Gasteiger partial charge is 0.411 e. The number of hydrogen-bond acceptors (Lipinski definition) is 9. The van der Waals surface area contributed by atoms with Gasteiger partial charge in [-0.05, 0) is 89.1 Å². The van der Waals surface area contributed by atoms with Crippen LogP contribution in [0, 0.1) is 3.57 Å². The van der Waals surface area contributed by atoms with Crippen molar-refractivity contribution in [3.63, 3.8) is 0 Å². The predicted octanol–water partition coefficient (Wildman–Crippen LogP) is 7.59. The van der Waals surface area contributed by atoms with Crippen molar-refractivity contribution in [3.8, 4) is 0 Å². The molecular weight excluding hydrogens is 745 g/mol. The minimum absolute atomic E-state index is 0.141. The number of carbonyl (C=O) groups excluding carboxylic acids is 2. The molecule has 1 saturated heterocycles. The number of amides is 1. The molecule has 3 rings (SSSR count). The summed E-state index contributed by atoms with van der Waals surface area (Å²) in [6.45, 7) is 27.3. The number of nitrogens with zero attached hydrogens (tertiary/aromatic N) is 5. The minimum Gasteiger partial charge on any atom is -0.458 e. The molecule has 3 heterocycles. The Morgan fingerprint density at radius 3 is 1.98 bits per heavy atom. The van der Waals surface area contributed by atoms with Crippen molar-refractivity contribution in [2.45, 2.75) is 129 Å². The first-order valence-corrected chi connectivity index (χ1v) is 25.2. The molecule has 47 heavy (non-hydrogen) atoms. The highest BCUT2D eigenvalue weighted by molar-refractivity contribution is 14.1. The molecule has 0 radical (unpaired) electrons. The largest absolute Gasteiger partial charge is 0.458 e. The fourth-order valence-corrected chi connectivity index (χ4v) is 6.99. The summed E-state index contributed by atoms with van der Waals surface area (Å²) in [5.41, 5.74) is 0.152. The van der Waals surface area contributed by atoms with Crippen LogP contribution in [0.2, 0.25) is 51.4 Å². The minimum atomic E-state index is -1.26. The molecule has 0 N–H and O–H groups in total. The summed E-state index contributed by atoms with van der Waals surface area (Å²) < 4.78 is 26.8. The first kappa shape index (κ1) is 39.7. The topological polar surface area (TPSA) is 108 Å².